The molecule has 2 nitrogen and oxygen atoms in total. The zero-order valence-electron chi connectivity index (χ0n) is 8.25. The fourth-order valence-electron chi connectivity index (χ4n) is 1.19. The second kappa shape index (κ2) is 4.88. The Hall–Kier alpha value is -0.350. The van der Waals surface area contributed by atoms with Gasteiger partial charge in [-0.3, -0.25) is 0 Å². The molecule has 6 heteroatoms. The number of benzene rings is 1. The Morgan fingerprint density at radius 3 is 2.25 bits per heavy atom. The lowest BCUT2D eigenvalue weighted by molar-refractivity contribution is 0.962. The molecule has 0 spiro atoms. The standard InChI is InChI=1S/C10H7Cl3N2S/c1-5(11)9-14-15-10(16-9)6-2-7(12)4-8(13)3-6/h2-5H,1H3. The zero-order chi connectivity index (χ0) is 11.7. The van der Waals surface area contributed by atoms with Gasteiger partial charge in [-0.15, -0.1) is 21.8 Å². The fraction of sp³-hybridized carbons (Fsp3) is 0.200. The molecule has 0 amide bonds. The summed E-state index contributed by atoms with van der Waals surface area (Å²) in [5.74, 6) is 0. The molecule has 1 aromatic heterocycles. The number of nitrogens with zero attached hydrogens (tertiary/aromatic N) is 2. The van der Waals surface area contributed by atoms with E-state index in [9.17, 15) is 0 Å². The van der Waals surface area contributed by atoms with Gasteiger partial charge in [0.05, 0.1) is 5.38 Å². The molecule has 0 saturated heterocycles. The number of halogens is 3. The lowest BCUT2D eigenvalue weighted by Gasteiger charge is -1.98. The first-order valence-electron chi connectivity index (χ1n) is 4.50. The summed E-state index contributed by atoms with van der Waals surface area (Å²) < 4.78 is 0. The Kier molecular flexibility index (Phi) is 3.70. The zero-order valence-corrected chi connectivity index (χ0v) is 11.3. The second-order valence-electron chi connectivity index (χ2n) is 3.22. The van der Waals surface area contributed by atoms with Crippen LogP contribution in [0.3, 0.4) is 0 Å². The Bertz CT molecular complexity index is 490. The SMILES string of the molecule is CC(Cl)c1nnc(-c2cc(Cl)cc(Cl)c2)s1. The molecule has 1 atom stereocenters. The van der Waals surface area contributed by atoms with Crippen molar-refractivity contribution < 1.29 is 0 Å². The van der Waals surface area contributed by atoms with Gasteiger partial charge in [-0.05, 0) is 25.1 Å². The summed E-state index contributed by atoms with van der Waals surface area (Å²) in [6.07, 6.45) is 0. The minimum absolute atomic E-state index is 0.138. The smallest absolute Gasteiger partial charge is 0.142 e. The van der Waals surface area contributed by atoms with Crippen LogP contribution in [0.1, 0.15) is 17.3 Å². The quantitative estimate of drug-likeness (QED) is 0.742. The van der Waals surface area contributed by atoms with Crippen molar-refractivity contribution in [2.45, 2.75) is 12.3 Å². The summed E-state index contributed by atoms with van der Waals surface area (Å²) in [5.41, 5.74) is 0.860. The van der Waals surface area contributed by atoms with Crippen molar-refractivity contribution in [2.24, 2.45) is 0 Å². The Labute approximate surface area is 112 Å². The highest BCUT2D eigenvalue weighted by atomic mass is 35.5. The Morgan fingerprint density at radius 2 is 1.75 bits per heavy atom. The molecular formula is C10H7Cl3N2S. The van der Waals surface area contributed by atoms with Crippen LogP contribution in [0.15, 0.2) is 18.2 Å². The summed E-state index contributed by atoms with van der Waals surface area (Å²) in [4.78, 5) is 0. The summed E-state index contributed by atoms with van der Waals surface area (Å²) >= 11 is 19.2. The molecule has 16 heavy (non-hydrogen) atoms. The first-order chi connectivity index (χ1) is 7.56. The van der Waals surface area contributed by atoms with Crippen LogP contribution in [0.5, 0.6) is 0 Å². The van der Waals surface area contributed by atoms with Crippen LogP contribution in [0.4, 0.5) is 0 Å². The number of hydrogen-bond acceptors (Lipinski definition) is 3. The number of hydrogen-bond donors (Lipinski definition) is 0. The number of aromatic nitrogens is 2. The van der Waals surface area contributed by atoms with Gasteiger partial charge < -0.3 is 0 Å². The minimum atomic E-state index is -0.138. The molecule has 0 aliphatic carbocycles. The van der Waals surface area contributed by atoms with Gasteiger partial charge in [-0.1, -0.05) is 34.5 Å². The van der Waals surface area contributed by atoms with Gasteiger partial charge in [0.25, 0.3) is 0 Å². The van der Waals surface area contributed by atoms with Crippen molar-refractivity contribution in [3.63, 3.8) is 0 Å². The predicted octanol–water partition coefficient (Wildman–Crippen LogP) is 4.81. The topological polar surface area (TPSA) is 25.8 Å². The molecule has 0 aliphatic heterocycles. The summed E-state index contributed by atoms with van der Waals surface area (Å²) in [7, 11) is 0. The van der Waals surface area contributed by atoms with E-state index in [-0.39, 0.29) is 5.38 Å². The van der Waals surface area contributed by atoms with Gasteiger partial charge >= 0.3 is 0 Å². The maximum Gasteiger partial charge on any atom is 0.147 e. The van der Waals surface area contributed by atoms with E-state index in [1.165, 1.54) is 11.3 Å². The molecule has 0 N–H and O–H groups in total. The molecule has 2 aromatic rings. The lowest BCUT2D eigenvalue weighted by Crippen LogP contribution is -1.81. The van der Waals surface area contributed by atoms with E-state index in [0.29, 0.717) is 10.0 Å². The van der Waals surface area contributed by atoms with Crippen molar-refractivity contribution in [2.75, 3.05) is 0 Å². The predicted molar refractivity (Wildman–Crippen MR) is 69.6 cm³/mol. The van der Waals surface area contributed by atoms with Gasteiger partial charge in [0.1, 0.15) is 10.0 Å². The third-order valence-corrected chi connectivity index (χ3v) is 3.82. The third-order valence-electron chi connectivity index (χ3n) is 1.89. The van der Waals surface area contributed by atoms with Crippen LogP contribution in [0.25, 0.3) is 10.6 Å². The summed E-state index contributed by atoms with van der Waals surface area (Å²) in [5, 5.41) is 10.6. The van der Waals surface area contributed by atoms with E-state index in [1.54, 1.807) is 18.2 Å². The van der Waals surface area contributed by atoms with Crippen LogP contribution in [0, 0.1) is 0 Å². The van der Waals surface area contributed by atoms with Crippen molar-refractivity contribution in [3.05, 3.63) is 33.3 Å². The van der Waals surface area contributed by atoms with Crippen LogP contribution in [0.2, 0.25) is 10.0 Å². The van der Waals surface area contributed by atoms with Crippen LogP contribution in [-0.4, -0.2) is 10.2 Å². The highest BCUT2D eigenvalue weighted by Crippen LogP contribution is 2.32. The molecular weight excluding hydrogens is 287 g/mol. The van der Waals surface area contributed by atoms with Crippen molar-refractivity contribution >= 4 is 46.1 Å². The summed E-state index contributed by atoms with van der Waals surface area (Å²) in [6.45, 7) is 1.86. The maximum atomic E-state index is 5.92. The molecule has 1 aromatic carbocycles. The number of rotatable bonds is 2. The maximum absolute atomic E-state index is 5.92. The third kappa shape index (κ3) is 2.66. The first-order valence-corrected chi connectivity index (χ1v) is 6.51. The van der Waals surface area contributed by atoms with E-state index in [4.69, 9.17) is 34.8 Å². The summed E-state index contributed by atoms with van der Waals surface area (Å²) in [6, 6.07) is 5.28. The minimum Gasteiger partial charge on any atom is -0.142 e. The van der Waals surface area contributed by atoms with E-state index >= 15 is 0 Å². The van der Waals surface area contributed by atoms with Gasteiger partial charge in [0, 0.05) is 15.6 Å². The molecule has 2 rings (SSSR count). The van der Waals surface area contributed by atoms with Crippen LogP contribution >= 0.6 is 46.1 Å². The Balaban J connectivity index is 2.42. The molecule has 0 aliphatic rings. The molecule has 1 unspecified atom stereocenters. The highest BCUT2D eigenvalue weighted by Gasteiger charge is 2.11. The monoisotopic (exact) mass is 292 g/mol. The second-order valence-corrected chi connectivity index (χ2v) is 5.76. The van der Waals surface area contributed by atoms with Gasteiger partial charge in [0.2, 0.25) is 0 Å². The fourth-order valence-corrected chi connectivity index (χ4v) is 2.65. The van der Waals surface area contributed by atoms with E-state index in [1.807, 2.05) is 6.92 Å². The van der Waals surface area contributed by atoms with Gasteiger partial charge in [0.15, 0.2) is 0 Å². The highest BCUT2D eigenvalue weighted by molar-refractivity contribution is 7.15. The van der Waals surface area contributed by atoms with E-state index in [0.717, 1.165) is 15.6 Å². The average molecular weight is 294 g/mol. The van der Waals surface area contributed by atoms with Crippen LogP contribution < -0.4 is 0 Å². The molecule has 0 fully saturated rings. The Morgan fingerprint density at radius 1 is 1.12 bits per heavy atom. The largest absolute Gasteiger partial charge is 0.147 e. The van der Waals surface area contributed by atoms with Gasteiger partial charge in [-0.2, -0.15) is 0 Å². The molecule has 0 bridgehead atoms. The van der Waals surface area contributed by atoms with Crippen molar-refractivity contribution in [1.82, 2.24) is 10.2 Å². The van der Waals surface area contributed by atoms with E-state index in [2.05, 4.69) is 10.2 Å². The van der Waals surface area contributed by atoms with Gasteiger partial charge in [-0.25, -0.2) is 0 Å². The number of alkyl halides is 1. The first kappa shape index (κ1) is 12.1. The molecule has 0 saturated carbocycles. The molecule has 1 heterocycles. The molecule has 0 radical (unpaired) electrons. The van der Waals surface area contributed by atoms with Crippen LogP contribution in [-0.2, 0) is 0 Å². The average Bonchev–Trinajstić information content (AvgIpc) is 2.64. The normalized spacial score (nSPS) is 12.8. The lowest BCUT2D eigenvalue weighted by atomic mass is 10.2. The van der Waals surface area contributed by atoms with Crippen molar-refractivity contribution in [3.8, 4) is 10.6 Å². The molecule has 84 valence electrons. The van der Waals surface area contributed by atoms with Crippen molar-refractivity contribution in [1.29, 1.82) is 0 Å². The van der Waals surface area contributed by atoms with E-state index < -0.39 is 0 Å².